The first-order chi connectivity index (χ1) is 13.5. The highest BCUT2D eigenvalue weighted by atomic mass is 35.5. The smallest absolute Gasteiger partial charge is 0.325 e. The Bertz CT molecular complexity index is 885. The minimum absolute atomic E-state index is 0.0968. The monoisotopic (exact) mass is 401 g/mol. The van der Waals surface area contributed by atoms with Gasteiger partial charge in [-0.2, -0.15) is 0 Å². The molecule has 0 unspecified atom stereocenters. The Morgan fingerprint density at radius 3 is 2.64 bits per heavy atom. The third-order valence-corrected chi connectivity index (χ3v) is 4.61. The van der Waals surface area contributed by atoms with Crippen molar-refractivity contribution in [3.63, 3.8) is 0 Å². The number of benzene rings is 2. The minimum atomic E-state index is -0.712. The molecule has 1 heterocycles. The first-order valence-corrected chi connectivity index (χ1v) is 9.14. The van der Waals surface area contributed by atoms with Crippen molar-refractivity contribution >= 4 is 35.1 Å². The van der Waals surface area contributed by atoms with E-state index in [1.807, 2.05) is 0 Å². The standard InChI is InChI=1S/C20H20ClN3O4/c1-28-16-7-5-13(6-8-16)12-24-19(26)17(23-20(24)27)9-10-18(25)22-15-4-2-3-14(21)11-15/h2-8,11,17H,9-10,12H2,1H3,(H,22,25)(H,23,27)/t17-/m0/s1. The van der Waals surface area contributed by atoms with Gasteiger partial charge in [0, 0.05) is 17.1 Å². The van der Waals surface area contributed by atoms with E-state index < -0.39 is 12.1 Å². The molecular formula is C20H20ClN3O4. The highest BCUT2D eigenvalue weighted by Gasteiger charge is 2.37. The second-order valence-electron chi connectivity index (χ2n) is 6.37. The summed E-state index contributed by atoms with van der Waals surface area (Å²) in [5.41, 5.74) is 1.39. The van der Waals surface area contributed by atoms with Crippen molar-refractivity contribution in [3.05, 3.63) is 59.1 Å². The van der Waals surface area contributed by atoms with Gasteiger partial charge < -0.3 is 15.4 Å². The number of methoxy groups -OCH3 is 1. The van der Waals surface area contributed by atoms with E-state index in [9.17, 15) is 14.4 Å². The number of nitrogens with one attached hydrogen (secondary N) is 2. The minimum Gasteiger partial charge on any atom is -0.497 e. The summed E-state index contributed by atoms with van der Waals surface area (Å²) < 4.78 is 5.10. The van der Waals surface area contributed by atoms with Crippen LogP contribution >= 0.6 is 11.6 Å². The van der Waals surface area contributed by atoms with Gasteiger partial charge in [-0.25, -0.2) is 4.79 Å². The molecule has 0 spiro atoms. The fraction of sp³-hybridized carbons (Fsp3) is 0.250. The number of imide groups is 1. The number of hydrogen-bond acceptors (Lipinski definition) is 4. The van der Waals surface area contributed by atoms with Gasteiger partial charge in [0.25, 0.3) is 5.91 Å². The number of halogens is 1. The Kier molecular flexibility index (Phi) is 6.16. The summed E-state index contributed by atoms with van der Waals surface area (Å²) in [6, 6.07) is 12.8. The Hall–Kier alpha value is -3.06. The molecule has 1 aliphatic rings. The highest BCUT2D eigenvalue weighted by molar-refractivity contribution is 6.30. The van der Waals surface area contributed by atoms with Crippen LogP contribution in [-0.2, 0) is 16.1 Å². The second kappa shape index (κ2) is 8.75. The van der Waals surface area contributed by atoms with Gasteiger partial charge >= 0.3 is 6.03 Å². The molecule has 7 nitrogen and oxygen atoms in total. The molecule has 0 radical (unpaired) electrons. The van der Waals surface area contributed by atoms with E-state index in [1.165, 1.54) is 0 Å². The van der Waals surface area contributed by atoms with Crippen LogP contribution in [0.3, 0.4) is 0 Å². The zero-order valence-corrected chi connectivity index (χ0v) is 16.0. The summed E-state index contributed by atoms with van der Waals surface area (Å²) in [4.78, 5) is 37.9. The predicted octanol–water partition coefficient (Wildman–Crippen LogP) is 3.19. The lowest BCUT2D eigenvalue weighted by Gasteiger charge is -2.13. The maximum Gasteiger partial charge on any atom is 0.325 e. The average Bonchev–Trinajstić information content (AvgIpc) is 2.94. The van der Waals surface area contributed by atoms with Crippen LogP contribution in [0.25, 0.3) is 0 Å². The quantitative estimate of drug-likeness (QED) is 0.697. The third kappa shape index (κ3) is 4.80. The summed E-state index contributed by atoms with van der Waals surface area (Å²) in [5, 5.41) is 5.88. The molecule has 146 valence electrons. The highest BCUT2D eigenvalue weighted by Crippen LogP contribution is 2.19. The van der Waals surface area contributed by atoms with Gasteiger partial charge in [0.15, 0.2) is 0 Å². The van der Waals surface area contributed by atoms with Crippen molar-refractivity contribution in [1.82, 2.24) is 10.2 Å². The van der Waals surface area contributed by atoms with E-state index in [-0.39, 0.29) is 31.2 Å². The normalized spacial score (nSPS) is 16.1. The number of urea groups is 1. The van der Waals surface area contributed by atoms with Crippen LogP contribution in [0.5, 0.6) is 5.75 Å². The Labute approximate surface area is 167 Å². The van der Waals surface area contributed by atoms with Gasteiger partial charge in [-0.05, 0) is 42.3 Å². The first-order valence-electron chi connectivity index (χ1n) is 8.76. The Morgan fingerprint density at radius 1 is 1.21 bits per heavy atom. The topological polar surface area (TPSA) is 87.7 Å². The second-order valence-corrected chi connectivity index (χ2v) is 6.81. The molecule has 2 N–H and O–H groups in total. The molecule has 3 rings (SSSR count). The maximum absolute atomic E-state index is 12.5. The summed E-state index contributed by atoms with van der Waals surface area (Å²) >= 11 is 5.89. The fourth-order valence-corrected chi connectivity index (χ4v) is 3.09. The lowest BCUT2D eigenvalue weighted by atomic mass is 10.1. The number of anilines is 1. The van der Waals surface area contributed by atoms with Gasteiger partial charge in [0.2, 0.25) is 5.91 Å². The number of rotatable bonds is 7. The van der Waals surface area contributed by atoms with E-state index in [4.69, 9.17) is 16.3 Å². The van der Waals surface area contributed by atoms with Gasteiger partial charge in [0.05, 0.1) is 13.7 Å². The Morgan fingerprint density at radius 2 is 1.96 bits per heavy atom. The third-order valence-electron chi connectivity index (χ3n) is 4.38. The van der Waals surface area contributed by atoms with E-state index in [0.29, 0.717) is 16.5 Å². The van der Waals surface area contributed by atoms with Crippen LogP contribution in [0.15, 0.2) is 48.5 Å². The predicted molar refractivity (Wildman–Crippen MR) is 105 cm³/mol. The molecule has 0 bridgehead atoms. The molecule has 2 aromatic carbocycles. The van der Waals surface area contributed by atoms with Crippen LogP contribution in [0.2, 0.25) is 5.02 Å². The van der Waals surface area contributed by atoms with Crippen LogP contribution in [0, 0.1) is 0 Å². The lowest BCUT2D eigenvalue weighted by Crippen LogP contribution is -2.31. The van der Waals surface area contributed by atoms with E-state index in [0.717, 1.165) is 10.5 Å². The average molecular weight is 402 g/mol. The zero-order valence-electron chi connectivity index (χ0n) is 15.3. The Balaban J connectivity index is 1.53. The first kappa shape index (κ1) is 19.7. The molecular weight excluding hydrogens is 382 g/mol. The number of hydrogen-bond donors (Lipinski definition) is 2. The van der Waals surface area contributed by atoms with Crippen LogP contribution < -0.4 is 15.4 Å². The van der Waals surface area contributed by atoms with Crippen LogP contribution in [-0.4, -0.2) is 35.9 Å². The van der Waals surface area contributed by atoms with Crippen LogP contribution in [0.1, 0.15) is 18.4 Å². The number of ether oxygens (including phenoxy) is 1. The van der Waals surface area contributed by atoms with Gasteiger partial charge in [-0.3, -0.25) is 14.5 Å². The molecule has 1 saturated heterocycles. The molecule has 2 aromatic rings. The number of nitrogens with zero attached hydrogens (tertiary/aromatic N) is 1. The number of carbonyl (C=O) groups is 3. The molecule has 1 aliphatic heterocycles. The fourth-order valence-electron chi connectivity index (χ4n) is 2.90. The molecule has 4 amide bonds. The molecule has 0 aliphatic carbocycles. The molecule has 8 heteroatoms. The van der Waals surface area contributed by atoms with Gasteiger partial charge in [-0.1, -0.05) is 29.8 Å². The summed E-state index contributed by atoms with van der Waals surface area (Å²) in [6.07, 6.45) is 0.315. The van der Waals surface area contributed by atoms with Crippen molar-refractivity contribution in [1.29, 1.82) is 0 Å². The maximum atomic E-state index is 12.5. The van der Waals surface area contributed by atoms with Gasteiger partial charge in [0.1, 0.15) is 11.8 Å². The van der Waals surface area contributed by atoms with Crippen molar-refractivity contribution < 1.29 is 19.1 Å². The summed E-state index contributed by atoms with van der Waals surface area (Å²) in [7, 11) is 1.57. The van der Waals surface area contributed by atoms with E-state index in [1.54, 1.807) is 55.6 Å². The van der Waals surface area contributed by atoms with Gasteiger partial charge in [-0.15, -0.1) is 0 Å². The molecule has 0 aromatic heterocycles. The molecule has 28 heavy (non-hydrogen) atoms. The SMILES string of the molecule is COc1ccc(CN2C(=O)N[C@@H](CCC(=O)Nc3cccc(Cl)c3)C2=O)cc1. The van der Waals surface area contributed by atoms with Crippen molar-refractivity contribution in [3.8, 4) is 5.75 Å². The number of carbonyl (C=O) groups excluding carboxylic acids is 3. The molecule has 1 atom stereocenters. The lowest BCUT2D eigenvalue weighted by molar-refractivity contribution is -0.128. The summed E-state index contributed by atoms with van der Waals surface area (Å²) in [6.45, 7) is 0.167. The zero-order chi connectivity index (χ0) is 20.1. The summed E-state index contributed by atoms with van der Waals surface area (Å²) in [5.74, 6) is 0.110. The van der Waals surface area contributed by atoms with Crippen molar-refractivity contribution in [2.75, 3.05) is 12.4 Å². The molecule has 0 saturated carbocycles. The number of amides is 4. The largest absolute Gasteiger partial charge is 0.497 e. The molecule has 1 fully saturated rings. The van der Waals surface area contributed by atoms with Crippen LogP contribution in [0.4, 0.5) is 10.5 Å². The van der Waals surface area contributed by atoms with E-state index >= 15 is 0 Å². The van der Waals surface area contributed by atoms with E-state index in [2.05, 4.69) is 10.6 Å². The van der Waals surface area contributed by atoms with Crippen molar-refractivity contribution in [2.24, 2.45) is 0 Å². The van der Waals surface area contributed by atoms with Crippen molar-refractivity contribution in [2.45, 2.75) is 25.4 Å².